The lowest BCUT2D eigenvalue weighted by Crippen LogP contribution is -2.67. The molecule has 30 heavy (non-hydrogen) atoms. The van der Waals surface area contributed by atoms with Crippen LogP contribution in [-0.2, 0) is 4.79 Å². The highest BCUT2D eigenvalue weighted by atomic mass is 19.1. The average Bonchev–Trinajstić information content (AvgIpc) is 2.95. The Hall–Kier alpha value is -1.00. The fraction of sp³-hybridized carbons (Fsp3) is 0.808. The van der Waals surface area contributed by atoms with Gasteiger partial charge < -0.3 is 10.2 Å². The van der Waals surface area contributed by atoms with Crippen LogP contribution in [0.1, 0.15) is 85.0 Å². The van der Waals surface area contributed by atoms with Crippen molar-refractivity contribution in [1.82, 2.24) is 0 Å². The quantitative estimate of drug-likeness (QED) is 0.575. The number of ketones is 1. The Morgan fingerprint density at radius 3 is 2.63 bits per heavy atom. The van der Waals surface area contributed by atoms with E-state index in [0.717, 1.165) is 31.3 Å². The summed E-state index contributed by atoms with van der Waals surface area (Å²) in [5, 5.41) is 22.6. The molecule has 0 heterocycles. The minimum absolute atomic E-state index is 0.0823. The number of allylic oxidation sites excluding steroid dienone is 4. The van der Waals surface area contributed by atoms with Gasteiger partial charge in [0.15, 0.2) is 11.5 Å². The molecule has 0 unspecified atom stereocenters. The molecule has 4 aliphatic carbocycles. The van der Waals surface area contributed by atoms with Crippen molar-refractivity contribution in [2.45, 2.75) is 103 Å². The van der Waals surface area contributed by atoms with Crippen LogP contribution in [0.5, 0.6) is 0 Å². The summed E-state index contributed by atoms with van der Waals surface area (Å²) >= 11 is 0. The molecule has 2 N–H and O–H groups in total. The van der Waals surface area contributed by atoms with Crippen molar-refractivity contribution in [2.75, 3.05) is 0 Å². The predicted molar refractivity (Wildman–Crippen MR) is 117 cm³/mol. The van der Waals surface area contributed by atoms with E-state index in [1.54, 1.807) is 12.2 Å². The van der Waals surface area contributed by atoms with Crippen molar-refractivity contribution in [3.63, 3.8) is 0 Å². The molecule has 4 aliphatic rings. The lowest BCUT2D eigenvalue weighted by molar-refractivity contribution is -0.207. The molecular weight excluding hydrogens is 379 g/mol. The molecule has 0 aromatic heterocycles. The number of hydrogen-bond acceptors (Lipinski definition) is 3. The van der Waals surface area contributed by atoms with E-state index in [2.05, 4.69) is 13.8 Å². The van der Waals surface area contributed by atoms with Crippen LogP contribution in [0.2, 0.25) is 0 Å². The molecule has 0 spiro atoms. The van der Waals surface area contributed by atoms with Gasteiger partial charge in [-0.2, -0.15) is 0 Å². The van der Waals surface area contributed by atoms with Crippen LogP contribution in [0.4, 0.5) is 4.39 Å². The molecule has 4 rings (SSSR count). The maximum atomic E-state index is 17.1. The van der Waals surface area contributed by atoms with Crippen molar-refractivity contribution in [3.05, 3.63) is 23.8 Å². The zero-order valence-corrected chi connectivity index (χ0v) is 18.9. The Labute approximate surface area is 180 Å². The van der Waals surface area contributed by atoms with E-state index in [4.69, 9.17) is 0 Å². The second kappa shape index (κ2) is 7.85. The summed E-state index contributed by atoms with van der Waals surface area (Å²) in [4.78, 5) is 11.9. The van der Waals surface area contributed by atoms with Gasteiger partial charge in [0.25, 0.3) is 0 Å². The number of unbranched alkanes of at least 4 members (excludes halogenated alkanes) is 4. The first kappa shape index (κ1) is 22.2. The highest BCUT2D eigenvalue weighted by Gasteiger charge is 2.71. The summed E-state index contributed by atoms with van der Waals surface area (Å²) in [5.41, 5.74) is -2.27. The first-order valence-corrected chi connectivity index (χ1v) is 12.2. The molecule has 3 saturated carbocycles. The van der Waals surface area contributed by atoms with Crippen LogP contribution >= 0.6 is 0 Å². The number of alkyl halides is 1. The number of aliphatic hydroxyl groups is 2. The Bertz CT molecular complexity index is 745. The van der Waals surface area contributed by atoms with Gasteiger partial charge in [-0.1, -0.05) is 57.6 Å². The Kier molecular flexibility index (Phi) is 5.81. The highest BCUT2D eigenvalue weighted by Crippen LogP contribution is 2.69. The molecule has 8 atom stereocenters. The predicted octanol–water partition coefficient (Wildman–Crippen LogP) is 5.30. The first-order valence-electron chi connectivity index (χ1n) is 12.2. The molecule has 0 aromatic carbocycles. The smallest absolute Gasteiger partial charge is 0.178 e. The van der Waals surface area contributed by atoms with Crippen LogP contribution in [0.15, 0.2) is 23.8 Å². The standard InChI is InChI=1S/C26H39FO3/c1-4-5-6-7-8-12-25-16-22(29)26(27)20(21(25)14-17(2)23(25)30)10-9-18-15-19(28)11-13-24(18,26)3/h11,13,15,17,20-23,29-30H,4-10,12,14,16H2,1-3H3/t17-,20-,21-,22-,23+,24-,25-,26-/m0/s1. The Morgan fingerprint density at radius 1 is 1.17 bits per heavy atom. The third kappa shape index (κ3) is 3.00. The first-order chi connectivity index (χ1) is 14.2. The number of carbonyl (C=O) groups is 1. The third-order valence-electron chi connectivity index (χ3n) is 9.41. The van der Waals surface area contributed by atoms with Crippen molar-refractivity contribution in [1.29, 1.82) is 0 Å². The van der Waals surface area contributed by atoms with Crippen molar-refractivity contribution in [3.8, 4) is 0 Å². The van der Waals surface area contributed by atoms with E-state index in [1.807, 2.05) is 6.92 Å². The van der Waals surface area contributed by atoms with Crippen molar-refractivity contribution < 1.29 is 19.4 Å². The van der Waals surface area contributed by atoms with Crippen LogP contribution in [0.3, 0.4) is 0 Å². The van der Waals surface area contributed by atoms with Crippen LogP contribution in [-0.4, -0.2) is 33.9 Å². The number of hydrogen-bond donors (Lipinski definition) is 2. The zero-order valence-electron chi connectivity index (χ0n) is 18.9. The second-order valence-corrected chi connectivity index (χ2v) is 10.9. The minimum atomic E-state index is -1.78. The number of carbonyl (C=O) groups excluding carboxylic acids is 1. The van der Waals surface area contributed by atoms with Crippen molar-refractivity contribution in [2.24, 2.45) is 28.6 Å². The van der Waals surface area contributed by atoms with Gasteiger partial charge in [-0.05, 0) is 63.0 Å². The second-order valence-electron chi connectivity index (χ2n) is 10.9. The number of fused-ring (bicyclic) bond motifs is 5. The number of aliphatic hydroxyl groups excluding tert-OH is 2. The van der Waals surface area contributed by atoms with E-state index in [0.29, 0.717) is 19.3 Å². The van der Waals surface area contributed by atoms with Crippen molar-refractivity contribution >= 4 is 5.78 Å². The maximum Gasteiger partial charge on any atom is 0.178 e. The molecular formula is C26H39FO3. The highest BCUT2D eigenvalue weighted by molar-refractivity contribution is 6.01. The van der Waals surface area contributed by atoms with Gasteiger partial charge in [0.1, 0.15) is 0 Å². The van der Waals surface area contributed by atoms with Gasteiger partial charge in [0, 0.05) is 16.7 Å². The van der Waals surface area contributed by atoms with Gasteiger partial charge in [0.2, 0.25) is 0 Å². The summed E-state index contributed by atoms with van der Waals surface area (Å²) in [5.74, 6) is -0.141. The summed E-state index contributed by atoms with van der Waals surface area (Å²) in [6, 6.07) is 0. The maximum absolute atomic E-state index is 17.1. The lowest BCUT2D eigenvalue weighted by atomic mass is 9.45. The molecule has 4 heteroatoms. The van der Waals surface area contributed by atoms with E-state index in [9.17, 15) is 15.0 Å². The molecule has 0 aromatic rings. The minimum Gasteiger partial charge on any atom is -0.392 e. The Morgan fingerprint density at radius 2 is 1.90 bits per heavy atom. The third-order valence-corrected chi connectivity index (χ3v) is 9.41. The molecule has 0 saturated heterocycles. The van der Waals surface area contributed by atoms with Gasteiger partial charge in [0.05, 0.1) is 12.2 Å². The molecule has 0 radical (unpaired) electrons. The summed E-state index contributed by atoms with van der Waals surface area (Å²) in [6.45, 7) is 6.15. The molecule has 3 fully saturated rings. The van der Waals surface area contributed by atoms with Crippen LogP contribution in [0.25, 0.3) is 0 Å². The van der Waals surface area contributed by atoms with Crippen LogP contribution < -0.4 is 0 Å². The van der Waals surface area contributed by atoms with Gasteiger partial charge >= 0.3 is 0 Å². The number of halogens is 1. The average molecular weight is 419 g/mol. The fourth-order valence-corrected chi connectivity index (χ4v) is 7.81. The summed E-state index contributed by atoms with van der Waals surface area (Å²) in [7, 11) is 0. The number of rotatable bonds is 6. The summed E-state index contributed by atoms with van der Waals surface area (Å²) in [6.07, 6.45) is 12.4. The topological polar surface area (TPSA) is 57.5 Å². The molecule has 3 nitrogen and oxygen atoms in total. The largest absolute Gasteiger partial charge is 0.392 e. The van der Waals surface area contributed by atoms with E-state index < -0.39 is 23.3 Å². The van der Waals surface area contributed by atoms with Gasteiger partial charge in [-0.25, -0.2) is 4.39 Å². The van der Waals surface area contributed by atoms with E-state index in [1.165, 1.54) is 25.3 Å². The monoisotopic (exact) mass is 418 g/mol. The molecule has 0 bridgehead atoms. The normalized spacial score (nSPS) is 47.5. The fourth-order valence-electron chi connectivity index (χ4n) is 7.81. The molecule has 168 valence electrons. The summed E-state index contributed by atoms with van der Waals surface area (Å²) < 4.78 is 17.1. The molecule has 0 aliphatic heterocycles. The van der Waals surface area contributed by atoms with E-state index >= 15 is 4.39 Å². The molecule has 0 amide bonds. The zero-order chi connectivity index (χ0) is 21.7. The van der Waals surface area contributed by atoms with E-state index in [-0.39, 0.29) is 29.0 Å². The SMILES string of the molecule is CCCCCCC[C@]12C[C@H](O)[C@@]3(F)[C@@H](CCC4=CC(=O)C=C[C@@]43C)[C@@H]1C[C@H](C)[C@H]2O. The van der Waals surface area contributed by atoms with Gasteiger partial charge in [-0.15, -0.1) is 0 Å². The Balaban J connectivity index is 1.66. The van der Waals surface area contributed by atoms with Gasteiger partial charge in [-0.3, -0.25) is 4.79 Å². The van der Waals surface area contributed by atoms with Crippen LogP contribution in [0, 0.1) is 28.6 Å². The lowest BCUT2D eigenvalue weighted by Gasteiger charge is -2.62.